The van der Waals surface area contributed by atoms with E-state index in [1.807, 2.05) is 11.8 Å². The largest absolute Gasteiger partial charge is 0.422 e. The van der Waals surface area contributed by atoms with Crippen LogP contribution in [0.25, 0.3) is 11.0 Å². The van der Waals surface area contributed by atoms with E-state index in [0.717, 1.165) is 9.80 Å². The van der Waals surface area contributed by atoms with Crippen molar-refractivity contribution >= 4 is 46.1 Å². The highest BCUT2D eigenvalue weighted by Crippen LogP contribution is 2.46. The van der Waals surface area contributed by atoms with Gasteiger partial charge in [-0.25, -0.2) is 9.59 Å². The summed E-state index contributed by atoms with van der Waals surface area (Å²) in [7, 11) is 2.69. The summed E-state index contributed by atoms with van der Waals surface area (Å²) in [6, 6.07) is 3.68. The first kappa shape index (κ1) is 19.4. The summed E-state index contributed by atoms with van der Waals surface area (Å²) >= 11 is 6.17. The van der Waals surface area contributed by atoms with Crippen molar-refractivity contribution in [1.82, 2.24) is 9.80 Å². The zero-order valence-corrected chi connectivity index (χ0v) is 17.2. The van der Waals surface area contributed by atoms with Gasteiger partial charge in [-0.1, -0.05) is 11.6 Å². The number of urea groups is 1. The second-order valence-corrected chi connectivity index (χ2v) is 7.91. The molecule has 1 aromatic carbocycles. The fraction of sp³-hybridized carbons (Fsp3) is 0.400. The fourth-order valence-electron chi connectivity index (χ4n) is 4.60. The number of amides is 4. The van der Waals surface area contributed by atoms with Crippen molar-refractivity contribution in [3.63, 3.8) is 0 Å². The van der Waals surface area contributed by atoms with E-state index in [-0.39, 0.29) is 12.0 Å². The van der Waals surface area contributed by atoms with Gasteiger partial charge in [0.05, 0.1) is 11.3 Å². The number of benzene rings is 1. The molecule has 152 valence electrons. The molecule has 2 aliphatic heterocycles. The molecule has 0 N–H and O–H groups in total. The van der Waals surface area contributed by atoms with Gasteiger partial charge in [0.15, 0.2) is 5.41 Å². The van der Waals surface area contributed by atoms with Crippen molar-refractivity contribution in [1.29, 1.82) is 0 Å². The molecule has 1 saturated heterocycles. The number of barbiturate groups is 1. The van der Waals surface area contributed by atoms with Gasteiger partial charge in [0.1, 0.15) is 5.58 Å². The van der Waals surface area contributed by atoms with Crippen LogP contribution in [0.3, 0.4) is 0 Å². The highest BCUT2D eigenvalue weighted by molar-refractivity contribution is 6.31. The lowest BCUT2D eigenvalue weighted by Gasteiger charge is -2.51. The molecule has 3 heterocycles. The molecule has 4 amide bonds. The van der Waals surface area contributed by atoms with Gasteiger partial charge in [0.25, 0.3) is 0 Å². The second kappa shape index (κ2) is 6.32. The Bertz CT molecular complexity index is 1120. The number of hydrogen-bond donors (Lipinski definition) is 0. The van der Waals surface area contributed by atoms with Gasteiger partial charge < -0.3 is 9.32 Å². The topological polar surface area (TPSA) is 91.1 Å². The van der Waals surface area contributed by atoms with E-state index in [2.05, 4.69) is 0 Å². The maximum absolute atomic E-state index is 13.3. The Morgan fingerprint density at radius 2 is 1.76 bits per heavy atom. The van der Waals surface area contributed by atoms with Crippen LogP contribution < -0.4 is 10.5 Å². The molecule has 0 saturated carbocycles. The Morgan fingerprint density at radius 3 is 2.34 bits per heavy atom. The van der Waals surface area contributed by atoms with Crippen molar-refractivity contribution in [2.45, 2.75) is 26.3 Å². The van der Waals surface area contributed by atoms with E-state index in [1.54, 1.807) is 25.1 Å². The molecule has 1 unspecified atom stereocenters. The van der Waals surface area contributed by atoms with Crippen LogP contribution in [0.1, 0.15) is 19.4 Å². The first-order valence-electron chi connectivity index (χ1n) is 9.27. The minimum Gasteiger partial charge on any atom is -0.422 e. The summed E-state index contributed by atoms with van der Waals surface area (Å²) in [6.07, 6.45) is -0.148. The minimum atomic E-state index is -1.60. The Hall–Kier alpha value is -2.87. The van der Waals surface area contributed by atoms with Crippen molar-refractivity contribution < 1.29 is 18.8 Å². The van der Waals surface area contributed by atoms with E-state index < -0.39 is 34.9 Å². The summed E-state index contributed by atoms with van der Waals surface area (Å²) in [6.45, 7) is 4.08. The molecular formula is C20H20ClN3O5. The molecule has 1 atom stereocenters. The van der Waals surface area contributed by atoms with Gasteiger partial charge in [-0.3, -0.25) is 19.4 Å². The number of carbonyl (C=O) groups excluding carboxylic acids is 3. The molecule has 1 spiro atoms. The standard InChI is InChI=1S/C20H20ClN3O5/c1-5-24-10(2)20(17(26)22(3)19(28)23(4)18(20)27)9-13-15(24)12-8-11(21)6-7-14(12)29-16(13)25/h6-8,10H,5,9H2,1-4H3. The van der Waals surface area contributed by atoms with Crippen molar-refractivity contribution in [2.24, 2.45) is 5.41 Å². The molecule has 9 heteroatoms. The first-order chi connectivity index (χ1) is 13.6. The van der Waals surface area contributed by atoms with E-state index in [9.17, 15) is 19.2 Å². The summed E-state index contributed by atoms with van der Waals surface area (Å²) in [5.74, 6) is -1.24. The van der Waals surface area contributed by atoms with Crippen LogP contribution in [0.15, 0.2) is 27.4 Å². The third-order valence-electron chi connectivity index (χ3n) is 6.14. The average Bonchev–Trinajstić information content (AvgIpc) is 2.70. The number of hydrogen-bond acceptors (Lipinski definition) is 6. The molecule has 0 aliphatic carbocycles. The lowest BCUT2D eigenvalue weighted by Crippen LogP contribution is -2.71. The van der Waals surface area contributed by atoms with Crippen molar-refractivity contribution in [3.05, 3.63) is 39.2 Å². The average molecular weight is 418 g/mol. The first-order valence-corrected chi connectivity index (χ1v) is 9.65. The van der Waals surface area contributed by atoms with Crippen LogP contribution in [-0.4, -0.2) is 54.3 Å². The summed E-state index contributed by atoms with van der Waals surface area (Å²) < 4.78 is 5.46. The van der Waals surface area contributed by atoms with Gasteiger partial charge in [-0.2, -0.15) is 0 Å². The van der Waals surface area contributed by atoms with Crippen LogP contribution in [-0.2, 0) is 16.0 Å². The summed E-state index contributed by atoms with van der Waals surface area (Å²) in [5, 5.41) is 1.12. The number of imide groups is 2. The number of rotatable bonds is 1. The van der Waals surface area contributed by atoms with Gasteiger partial charge in [-0.05, 0) is 32.0 Å². The van der Waals surface area contributed by atoms with Gasteiger partial charge >= 0.3 is 11.7 Å². The minimum absolute atomic E-state index is 0.148. The molecule has 1 fully saturated rings. The molecule has 4 rings (SSSR count). The lowest BCUT2D eigenvalue weighted by molar-refractivity contribution is -0.158. The second-order valence-electron chi connectivity index (χ2n) is 7.48. The number of carbonyl (C=O) groups is 3. The molecule has 2 aliphatic rings. The van der Waals surface area contributed by atoms with Crippen LogP contribution in [0.4, 0.5) is 10.5 Å². The van der Waals surface area contributed by atoms with Gasteiger partial charge in [0.2, 0.25) is 11.8 Å². The summed E-state index contributed by atoms with van der Waals surface area (Å²) in [5.41, 5.74) is -0.978. The quantitative estimate of drug-likeness (QED) is 0.522. The van der Waals surface area contributed by atoms with Crippen LogP contribution >= 0.6 is 11.6 Å². The Labute approximate surface area is 171 Å². The Morgan fingerprint density at radius 1 is 1.14 bits per heavy atom. The SMILES string of the molecule is CCN1c2c(c(=O)oc3ccc(Cl)cc23)CC2(C(=O)N(C)C(=O)N(C)C2=O)C1C. The monoisotopic (exact) mass is 417 g/mol. The van der Waals surface area contributed by atoms with Crippen LogP contribution in [0.2, 0.25) is 5.02 Å². The Kier molecular flexibility index (Phi) is 4.24. The number of anilines is 1. The maximum atomic E-state index is 13.3. The molecule has 8 nitrogen and oxygen atoms in total. The predicted molar refractivity (Wildman–Crippen MR) is 107 cm³/mol. The molecule has 1 aromatic heterocycles. The number of halogens is 1. The third kappa shape index (κ3) is 2.38. The smallest absolute Gasteiger partial charge is 0.341 e. The van der Waals surface area contributed by atoms with E-state index in [4.69, 9.17) is 16.0 Å². The molecule has 29 heavy (non-hydrogen) atoms. The highest BCUT2D eigenvalue weighted by atomic mass is 35.5. The van der Waals surface area contributed by atoms with Gasteiger partial charge in [-0.15, -0.1) is 0 Å². The maximum Gasteiger partial charge on any atom is 0.341 e. The zero-order chi connectivity index (χ0) is 21.2. The molecule has 0 bridgehead atoms. The normalized spacial score (nSPS) is 21.3. The summed E-state index contributed by atoms with van der Waals surface area (Å²) in [4.78, 5) is 55.4. The number of fused-ring (bicyclic) bond motifs is 3. The predicted octanol–water partition coefficient (Wildman–Crippen LogP) is 2.25. The van der Waals surface area contributed by atoms with Crippen molar-refractivity contribution in [2.75, 3.05) is 25.5 Å². The number of nitrogens with zero attached hydrogens (tertiary/aromatic N) is 3. The Balaban J connectivity index is 2.04. The zero-order valence-electron chi connectivity index (χ0n) is 16.5. The van der Waals surface area contributed by atoms with Crippen LogP contribution in [0, 0.1) is 5.41 Å². The van der Waals surface area contributed by atoms with Gasteiger partial charge in [0, 0.05) is 43.5 Å². The fourth-order valence-corrected chi connectivity index (χ4v) is 4.77. The lowest BCUT2D eigenvalue weighted by atomic mass is 9.69. The molecule has 0 radical (unpaired) electrons. The highest BCUT2D eigenvalue weighted by Gasteiger charge is 2.62. The van der Waals surface area contributed by atoms with Crippen molar-refractivity contribution in [3.8, 4) is 0 Å². The van der Waals surface area contributed by atoms with E-state index in [0.29, 0.717) is 28.2 Å². The van der Waals surface area contributed by atoms with Crippen LogP contribution in [0.5, 0.6) is 0 Å². The van der Waals surface area contributed by atoms with E-state index >= 15 is 0 Å². The third-order valence-corrected chi connectivity index (χ3v) is 6.38. The van der Waals surface area contributed by atoms with E-state index in [1.165, 1.54) is 14.1 Å². The molecule has 2 aromatic rings. The molecular weight excluding hydrogens is 398 g/mol.